The standard InChI is InChI=1S/C23H36O2/c1-2-3-4-5-6-7-8-9-10-11-12-13-14-15-17-21-18-16-19-22(20-21)23(24)25/h8-9,16,18-20H,2-7,10-15,17H2,1H3,(H,24,25)/b9-8+. The predicted molar refractivity (Wildman–Crippen MR) is 107 cm³/mol. The molecule has 0 aromatic heterocycles. The minimum Gasteiger partial charge on any atom is -0.478 e. The van der Waals surface area contributed by atoms with Gasteiger partial charge in [-0.1, -0.05) is 76.2 Å². The summed E-state index contributed by atoms with van der Waals surface area (Å²) in [4.78, 5) is 10.9. The lowest BCUT2D eigenvalue weighted by Gasteiger charge is -2.03. The van der Waals surface area contributed by atoms with E-state index < -0.39 is 5.97 Å². The van der Waals surface area contributed by atoms with Crippen LogP contribution in [0.1, 0.15) is 99.9 Å². The molecule has 1 rings (SSSR count). The quantitative estimate of drug-likeness (QED) is 0.270. The van der Waals surface area contributed by atoms with E-state index in [4.69, 9.17) is 5.11 Å². The highest BCUT2D eigenvalue weighted by atomic mass is 16.4. The van der Waals surface area contributed by atoms with Crippen molar-refractivity contribution in [3.05, 3.63) is 47.5 Å². The van der Waals surface area contributed by atoms with E-state index >= 15 is 0 Å². The fourth-order valence-corrected chi connectivity index (χ4v) is 3.08. The zero-order valence-electron chi connectivity index (χ0n) is 16.0. The Morgan fingerprint density at radius 1 is 0.880 bits per heavy atom. The van der Waals surface area contributed by atoms with E-state index in [1.807, 2.05) is 12.1 Å². The average molecular weight is 345 g/mol. The van der Waals surface area contributed by atoms with Gasteiger partial charge in [0.05, 0.1) is 5.56 Å². The van der Waals surface area contributed by atoms with Crippen molar-refractivity contribution in [1.29, 1.82) is 0 Å². The molecule has 0 radical (unpaired) electrons. The molecule has 0 bridgehead atoms. The topological polar surface area (TPSA) is 37.3 Å². The molecule has 0 unspecified atom stereocenters. The van der Waals surface area contributed by atoms with Crippen LogP contribution in [0.4, 0.5) is 0 Å². The third kappa shape index (κ3) is 11.6. The number of unbranched alkanes of at least 4 members (excludes halogenated alkanes) is 10. The summed E-state index contributed by atoms with van der Waals surface area (Å²) >= 11 is 0. The first kappa shape index (κ1) is 21.5. The number of carboxylic acid groups (broad SMARTS) is 1. The summed E-state index contributed by atoms with van der Waals surface area (Å²) in [6.45, 7) is 2.26. The van der Waals surface area contributed by atoms with Crippen molar-refractivity contribution >= 4 is 5.97 Å². The Labute approximate surface area is 154 Å². The largest absolute Gasteiger partial charge is 0.478 e. The molecule has 0 atom stereocenters. The molecule has 1 aromatic rings. The van der Waals surface area contributed by atoms with Crippen LogP contribution < -0.4 is 0 Å². The van der Waals surface area contributed by atoms with Crippen LogP contribution in [0.5, 0.6) is 0 Å². The number of aryl methyl sites for hydroxylation is 1. The van der Waals surface area contributed by atoms with Crippen molar-refractivity contribution in [3.63, 3.8) is 0 Å². The Balaban J connectivity index is 1.93. The second kappa shape index (κ2) is 14.7. The van der Waals surface area contributed by atoms with Gasteiger partial charge in [0, 0.05) is 0 Å². The fourth-order valence-electron chi connectivity index (χ4n) is 3.08. The second-order valence-corrected chi connectivity index (χ2v) is 6.99. The van der Waals surface area contributed by atoms with Gasteiger partial charge in [-0.05, 0) is 56.2 Å². The molecule has 0 heterocycles. The van der Waals surface area contributed by atoms with Crippen LogP contribution in [0.3, 0.4) is 0 Å². The number of benzene rings is 1. The van der Waals surface area contributed by atoms with Gasteiger partial charge in [0.1, 0.15) is 0 Å². The van der Waals surface area contributed by atoms with Gasteiger partial charge in [0.15, 0.2) is 0 Å². The smallest absolute Gasteiger partial charge is 0.335 e. The van der Waals surface area contributed by atoms with E-state index in [2.05, 4.69) is 19.1 Å². The van der Waals surface area contributed by atoms with E-state index in [0.29, 0.717) is 5.56 Å². The van der Waals surface area contributed by atoms with Crippen LogP contribution in [0, 0.1) is 0 Å². The van der Waals surface area contributed by atoms with Gasteiger partial charge in [0.2, 0.25) is 0 Å². The highest BCUT2D eigenvalue weighted by Gasteiger charge is 2.02. The maximum absolute atomic E-state index is 10.9. The van der Waals surface area contributed by atoms with Gasteiger partial charge in [0.25, 0.3) is 0 Å². The molecule has 2 nitrogen and oxygen atoms in total. The number of carbonyl (C=O) groups is 1. The number of carboxylic acids is 1. The Kier molecular flexibility index (Phi) is 12.7. The van der Waals surface area contributed by atoms with Crippen molar-refractivity contribution in [2.45, 2.75) is 90.4 Å². The van der Waals surface area contributed by atoms with Crippen LogP contribution in [-0.2, 0) is 6.42 Å². The molecule has 2 heteroatoms. The maximum Gasteiger partial charge on any atom is 0.335 e. The average Bonchev–Trinajstić information content (AvgIpc) is 2.62. The number of rotatable bonds is 15. The van der Waals surface area contributed by atoms with E-state index in [0.717, 1.165) is 18.4 Å². The molecule has 0 saturated heterocycles. The third-order valence-corrected chi connectivity index (χ3v) is 4.65. The molecule has 0 aliphatic carbocycles. The van der Waals surface area contributed by atoms with Gasteiger partial charge >= 0.3 is 5.97 Å². The van der Waals surface area contributed by atoms with Crippen molar-refractivity contribution in [2.24, 2.45) is 0 Å². The fraction of sp³-hybridized carbons (Fsp3) is 0.609. The van der Waals surface area contributed by atoms with E-state index in [1.165, 1.54) is 70.6 Å². The first-order valence-corrected chi connectivity index (χ1v) is 10.2. The van der Waals surface area contributed by atoms with Crippen molar-refractivity contribution in [1.82, 2.24) is 0 Å². The van der Waals surface area contributed by atoms with Crippen LogP contribution >= 0.6 is 0 Å². The number of hydrogen-bond acceptors (Lipinski definition) is 1. The second-order valence-electron chi connectivity index (χ2n) is 6.99. The Morgan fingerprint density at radius 2 is 1.48 bits per heavy atom. The molecule has 25 heavy (non-hydrogen) atoms. The molecule has 1 N–H and O–H groups in total. The van der Waals surface area contributed by atoms with E-state index in [-0.39, 0.29) is 0 Å². The highest BCUT2D eigenvalue weighted by molar-refractivity contribution is 5.87. The summed E-state index contributed by atoms with van der Waals surface area (Å²) in [5, 5.41) is 9.00. The maximum atomic E-state index is 10.9. The Hall–Kier alpha value is -1.57. The summed E-state index contributed by atoms with van der Waals surface area (Å²) in [6, 6.07) is 7.33. The lowest BCUT2D eigenvalue weighted by molar-refractivity contribution is 0.0696. The number of aromatic carboxylic acids is 1. The Morgan fingerprint density at radius 3 is 2.12 bits per heavy atom. The summed E-state index contributed by atoms with van der Waals surface area (Å²) in [5.41, 5.74) is 1.54. The molecular formula is C23H36O2. The van der Waals surface area contributed by atoms with Crippen LogP contribution in [0.25, 0.3) is 0 Å². The van der Waals surface area contributed by atoms with Crippen molar-refractivity contribution in [2.75, 3.05) is 0 Å². The minimum absolute atomic E-state index is 0.398. The molecule has 0 spiro atoms. The lowest BCUT2D eigenvalue weighted by atomic mass is 10.0. The molecule has 1 aromatic carbocycles. The van der Waals surface area contributed by atoms with Crippen molar-refractivity contribution < 1.29 is 9.90 Å². The molecule has 0 aliphatic rings. The van der Waals surface area contributed by atoms with E-state index in [9.17, 15) is 4.79 Å². The van der Waals surface area contributed by atoms with Gasteiger partial charge in [-0.15, -0.1) is 0 Å². The summed E-state index contributed by atoms with van der Waals surface area (Å²) in [5.74, 6) is -0.837. The molecule has 0 aliphatic heterocycles. The summed E-state index contributed by atoms with van der Waals surface area (Å²) in [7, 11) is 0. The van der Waals surface area contributed by atoms with Gasteiger partial charge in [-0.25, -0.2) is 4.79 Å². The zero-order chi connectivity index (χ0) is 18.2. The molecule has 0 fully saturated rings. The minimum atomic E-state index is -0.837. The van der Waals surface area contributed by atoms with Gasteiger partial charge in [-0.3, -0.25) is 0 Å². The van der Waals surface area contributed by atoms with Crippen LogP contribution in [0.2, 0.25) is 0 Å². The molecule has 0 amide bonds. The van der Waals surface area contributed by atoms with Gasteiger partial charge in [-0.2, -0.15) is 0 Å². The SMILES string of the molecule is CCCCCCC/C=C/CCCCCCCc1cccc(C(=O)O)c1. The van der Waals surface area contributed by atoms with Gasteiger partial charge < -0.3 is 5.11 Å². The monoisotopic (exact) mass is 344 g/mol. The van der Waals surface area contributed by atoms with Crippen LogP contribution in [-0.4, -0.2) is 11.1 Å². The normalized spacial score (nSPS) is 11.2. The first-order valence-electron chi connectivity index (χ1n) is 10.2. The third-order valence-electron chi connectivity index (χ3n) is 4.65. The Bertz CT molecular complexity index is 491. The molecule has 0 saturated carbocycles. The summed E-state index contributed by atoms with van der Waals surface area (Å²) < 4.78 is 0. The van der Waals surface area contributed by atoms with Crippen molar-refractivity contribution in [3.8, 4) is 0 Å². The summed E-state index contributed by atoms with van der Waals surface area (Å²) in [6.07, 6.45) is 21.3. The highest BCUT2D eigenvalue weighted by Crippen LogP contribution is 2.12. The molecular weight excluding hydrogens is 308 g/mol. The first-order chi connectivity index (χ1) is 12.2. The lowest BCUT2D eigenvalue weighted by Crippen LogP contribution is -1.97. The zero-order valence-corrected chi connectivity index (χ0v) is 16.0. The number of allylic oxidation sites excluding steroid dienone is 2. The van der Waals surface area contributed by atoms with Crippen LogP contribution in [0.15, 0.2) is 36.4 Å². The molecule has 140 valence electrons. The predicted octanol–water partition coefficient (Wildman–Crippen LogP) is 7.18. The number of hydrogen-bond donors (Lipinski definition) is 1. The van der Waals surface area contributed by atoms with E-state index in [1.54, 1.807) is 12.1 Å².